The number of anilines is 1. The highest BCUT2D eigenvalue weighted by Gasteiger charge is 2.33. The number of rotatable bonds is 7. The molecule has 0 spiro atoms. The van der Waals surface area contributed by atoms with E-state index in [-0.39, 0.29) is 17.9 Å². The van der Waals surface area contributed by atoms with Crippen molar-refractivity contribution in [3.05, 3.63) is 113 Å². The number of non-ortho nitro benzene ring substituents is 1. The molecule has 1 aliphatic heterocycles. The summed E-state index contributed by atoms with van der Waals surface area (Å²) >= 11 is 1.19. The Morgan fingerprint density at radius 1 is 1.17 bits per heavy atom. The number of carbonyl (C=O) groups is 1. The number of hydrogen-bond donors (Lipinski definition) is 0. The number of ether oxygens (including phenoxy) is 1. The summed E-state index contributed by atoms with van der Waals surface area (Å²) in [6.07, 6.45) is 1.62. The minimum atomic E-state index is -0.719. The van der Waals surface area contributed by atoms with Crippen LogP contribution in [0.3, 0.4) is 0 Å². The Morgan fingerprint density at radius 3 is 2.56 bits per heavy atom. The molecule has 3 heterocycles. The van der Waals surface area contributed by atoms with E-state index >= 15 is 0 Å². The van der Waals surface area contributed by atoms with Gasteiger partial charge in [0.1, 0.15) is 11.5 Å². The zero-order valence-corrected chi connectivity index (χ0v) is 24.0. The first-order chi connectivity index (χ1) is 19.6. The number of carbonyl (C=O) groups excluding carboxylic acids is 1. The van der Waals surface area contributed by atoms with E-state index in [1.54, 1.807) is 38.1 Å². The zero-order valence-electron chi connectivity index (χ0n) is 23.2. The topological polar surface area (TPSA) is 120 Å². The van der Waals surface area contributed by atoms with E-state index < -0.39 is 16.9 Å². The van der Waals surface area contributed by atoms with Crippen LogP contribution >= 0.6 is 11.3 Å². The Balaban J connectivity index is 1.62. The lowest BCUT2D eigenvalue weighted by atomic mass is 9.95. The number of hydrogen-bond acceptors (Lipinski definition) is 9. The maximum absolute atomic E-state index is 13.8. The highest BCUT2D eigenvalue weighted by molar-refractivity contribution is 7.07. The number of benzene rings is 2. The molecule has 2 aromatic heterocycles. The SMILES string of the molecule is CCOC(=O)C1=C(C)N=c2sc(=Cc3ccc(-c4cc([N+](=O)[O-])ccc4C)o3)c(=O)n2C1c1ccc(N(C)C)cc1. The molecular formula is C30H28N4O6S. The Hall–Kier alpha value is -4.77. The lowest BCUT2D eigenvalue weighted by Gasteiger charge is -2.25. The minimum Gasteiger partial charge on any atom is -0.463 e. The van der Waals surface area contributed by atoms with E-state index in [2.05, 4.69) is 4.99 Å². The van der Waals surface area contributed by atoms with Gasteiger partial charge in [0, 0.05) is 43.6 Å². The van der Waals surface area contributed by atoms with Crippen LogP contribution in [0.1, 0.15) is 36.8 Å². The summed E-state index contributed by atoms with van der Waals surface area (Å²) in [5.41, 5.74) is 3.57. The van der Waals surface area contributed by atoms with Gasteiger partial charge in [-0.2, -0.15) is 0 Å². The summed E-state index contributed by atoms with van der Waals surface area (Å²) in [5, 5.41) is 11.3. The number of nitro benzene ring substituents is 1. The van der Waals surface area contributed by atoms with Crippen molar-refractivity contribution >= 4 is 34.8 Å². The second kappa shape index (κ2) is 11.0. The van der Waals surface area contributed by atoms with Gasteiger partial charge in [0.05, 0.1) is 33.4 Å². The molecule has 1 aliphatic rings. The number of nitro groups is 1. The highest BCUT2D eigenvalue weighted by atomic mass is 32.1. The average Bonchev–Trinajstić information content (AvgIpc) is 3.52. The molecule has 4 aromatic rings. The number of nitrogens with zero attached hydrogens (tertiary/aromatic N) is 4. The largest absolute Gasteiger partial charge is 0.463 e. The number of allylic oxidation sites excluding steroid dienone is 1. The fourth-order valence-corrected chi connectivity index (χ4v) is 5.78. The number of thiazole rings is 1. The quantitative estimate of drug-likeness (QED) is 0.184. The average molecular weight is 573 g/mol. The maximum atomic E-state index is 13.8. The van der Waals surface area contributed by atoms with E-state index in [1.807, 2.05) is 50.2 Å². The third-order valence-electron chi connectivity index (χ3n) is 6.84. The van der Waals surface area contributed by atoms with Crippen molar-refractivity contribution in [2.45, 2.75) is 26.8 Å². The van der Waals surface area contributed by atoms with Gasteiger partial charge in [-0.25, -0.2) is 9.79 Å². The first-order valence-electron chi connectivity index (χ1n) is 12.9. The number of fused-ring (bicyclic) bond motifs is 1. The van der Waals surface area contributed by atoms with Gasteiger partial charge in [-0.05, 0) is 56.2 Å². The summed E-state index contributed by atoms with van der Waals surface area (Å²) in [7, 11) is 3.87. The fourth-order valence-electron chi connectivity index (χ4n) is 4.76. The van der Waals surface area contributed by atoms with Crippen molar-refractivity contribution in [2.24, 2.45) is 4.99 Å². The fraction of sp³-hybridized carbons (Fsp3) is 0.233. The molecule has 0 fully saturated rings. The van der Waals surface area contributed by atoms with Gasteiger partial charge in [-0.15, -0.1) is 0 Å². The van der Waals surface area contributed by atoms with E-state index in [1.165, 1.54) is 28.0 Å². The summed E-state index contributed by atoms with van der Waals surface area (Å²) < 4.78 is 13.2. The second-order valence-electron chi connectivity index (χ2n) is 9.75. The van der Waals surface area contributed by atoms with Crippen molar-refractivity contribution in [2.75, 3.05) is 25.6 Å². The van der Waals surface area contributed by atoms with Crippen molar-refractivity contribution in [1.29, 1.82) is 0 Å². The molecule has 41 heavy (non-hydrogen) atoms. The molecule has 0 saturated carbocycles. The van der Waals surface area contributed by atoms with Gasteiger partial charge < -0.3 is 14.1 Å². The lowest BCUT2D eigenvalue weighted by molar-refractivity contribution is -0.384. The van der Waals surface area contributed by atoms with Crippen LogP contribution in [0.4, 0.5) is 11.4 Å². The molecule has 1 unspecified atom stereocenters. The maximum Gasteiger partial charge on any atom is 0.338 e. The van der Waals surface area contributed by atoms with Gasteiger partial charge in [-0.3, -0.25) is 19.5 Å². The van der Waals surface area contributed by atoms with Crippen LogP contribution in [0.5, 0.6) is 0 Å². The van der Waals surface area contributed by atoms with Crippen LogP contribution in [0, 0.1) is 17.0 Å². The van der Waals surface area contributed by atoms with E-state index in [4.69, 9.17) is 9.15 Å². The predicted octanol–water partition coefficient (Wildman–Crippen LogP) is 4.34. The van der Waals surface area contributed by atoms with Gasteiger partial charge in [0.2, 0.25) is 0 Å². The zero-order chi connectivity index (χ0) is 29.4. The number of esters is 1. The van der Waals surface area contributed by atoms with Crippen LogP contribution in [0.25, 0.3) is 17.4 Å². The monoisotopic (exact) mass is 572 g/mol. The van der Waals surface area contributed by atoms with Crippen molar-refractivity contribution < 1.29 is 18.9 Å². The molecule has 0 bridgehead atoms. The Kier molecular flexibility index (Phi) is 7.46. The summed E-state index contributed by atoms with van der Waals surface area (Å²) in [5.74, 6) is 0.335. The third-order valence-corrected chi connectivity index (χ3v) is 7.82. The molecule has 10 nitrogen and oxygen atoms in total. The van der Waals surface area contributed by atoms with Crippen molar-refractivity contribution in [3.63, 3.8) is 0 Å². The molecule has 0 amide bonds. The van der Waals surface area contributed by atoms with Gasteiger partial charge in [-0.1, -0.05) is 29.5 Å². The third kappa shape index (κ3) is 5.23. The number of aryl methyl sites for hydroxylation is 1. The predicted molar refractivity (Wildman–Crippen MR) is 157 cm³/mol. The minimum absolute atomic E-state index is 0.0387. The van der Waals surface area contributed by atoms with E-state index in [9.17, 15) is 19.7 Å². The van der Waals surface area contributed by atoms with E-state index in [0.29, 0.717) is 37.7 Å². The molecule has 1 atom stereocenters. The van der Waals surface area contributed by atoms with E-state index in [0.717, 1.165) is 16.8 Å². The van der Waals surface area contributed by atoms with Crippen LogP contribution in [0.2, 0.25) is 0 Å². The van der Waals surface area contributed by atoms with Crippen LogP contribution in [-0.2, 0) is 9.53 Å². The molecule has 0 N–H and O–H groups in total. The molecule has 11 heteroatoms. The Bertz CT molecular complexity index is 1880. The Labute approximate surface area is 239 Å². The first kappa shape index (κ1) is 27.8. The Morgan fingerprint density at radius 2 is 1.90 bits per heavy atom. The molecule has 0 aliphatic carbocycles. The molecule has 210 valence electrons. The summed E-state index contributed by atoms with van der Waals surface area (Å²) in [6.45, 7) is 5.51. The van der Waals surface area contributed by atoms with Gasteiger partial charge >= 0.3 is 5.97 Å². The summed E-state index contributed by atoms with van der Waals surface area (Å²) in [6, 6.07) is 14.9. The summed E-state index contributed by atoms with van der Waals surface area (Å²) in [4.78, 5) is 44.8. The highest BCUT2D eigenvalue weighted by Crippen LogP contribution is 2.32. The molecule has 2 aromatic carbocycles. The van der Waals surface area contributed by atoms with Crippen molar-refractivity contribution in [3.8, 4) is 11.3 Å². The molecule has 5 rings (SSSR count). The molecule has 0 radical (unpaired) electrons. The second-order valence-corrected chi connectivity index (χ2v) is 10.8. The van der Waals surface area contributed by atoms with Gasteiger partial charge in [0.25, 0.3) is 11.2 Å². The van der Waals surface area contributed by atoms with Crippen LogP contribution in [0.15, 0.2) is 80.1 Å². The molecular weight excluding hydrogens is 544 g/mol. The number of furan rings is 1. The van der Waals surface area contributed by atoms with Crippen LogP contribution in [-0.4, -0.2) is 36.2 Å². The lowest BCUT2D eigenvalue weighted by Crippen LogP contribution is -2.39. The standard InChI is InChI=1S/C30H28N4O6S/c1-6-39-29(36)26-18(3)31-30-33(27(26)19-8-11-20(12-9-19)32(4)5)28(35)25(41-30)16-22-13-14-24(40-22)23-15-21(34(37)38)10-7-17(23)2/h7-16,27H,6H2,1-5H3. The normalized spacial score (nSPS) is 15.0. The van der Waals surface area contributed by atoms with Crippen LogP contribution < -0.4 is 19.8 Å². The van der Waals surface area contributed by atoms with Crippen molar-refractivity contribution in [1.82, 2.24) is 4.57 Å². The smallest absolute Gasteiger partial charge is 0.338 e. The first-order valence-corrected chi connectivity index (χ1v) is 13.7. The van der Waals surface area contributed by atoms with Gasteiger partial charge in [0.15, 0.2) is 4.80 Å². The molecule has 0 saturated heterocycles. The number of aromatic nitrogens is 1.